The molecule has 0 aliphatic carbocycles. The average Bonchev–Trinajstić information content (AvgIpc) is 2.53. The van der Waals surface area contributed by atoms with Crippen molar-refractivity contribution >= 4 is 16.0 Å². The SMILES string of the molecule is CC(C(=O)O)N(Cc1cccnc1)S(=O)(=O)c1ccccc1. The molecule has 0 aliphatic rings. The number of hydrogen-bond acceptors (Lipinski definition) is 4. The minimum atomic E-state index is -3.92. The Bertz CT molecular complexity index is 733. The summed E-state index contributed by atoms with van der Waals surface area (Å²) in [6.07, 6.45) is 3.09. The Morgan fingerprint density at radius 3 is 2.45 bits per heavy atom. The molecule has 6 nitrogen and oxygen atoms in total. The van der Waals surface area contributed by atoms with Crippen LogP contribution in [0, 0.1) is 0 Å². The molecule has 1 unspecified atom stereocenters. The molecule has 1 aromatic carbocycles. The number of aliphatic carboxylic acids is 1. The molecule has 0 amide bonds. The van der Waals surface area contributed by atoms with Crippen molar-refractivity contribution < 1.29 is 18.3 Å². The van der Waals surface area contributed by atoms with Gasteiger partial charge in [-0.3, -0.25) is 9.78 Å². The van der Waals surface area contributed by atoms with Crippen LogP contribution in [0.15, 0.2) is 59.8 Å². The molecule has 0 aliphatic heterocycles. The molecule has 116 valence electrons. The molecule has 1 aromatic heterocycles. The van der Waals surface area contributed by atoms with E-state index in [-0.39, 0.29) is 11.4 Å². The maximum Gasteiger partial charge on any atom is 0.321 e. The van der Waals surface area contributed by atoms with Crippen molar-refractivity contribution in [1.29, 1.82) is 0 Å². The summed E-state index contributed by atoms with van der Waals surface area (Å²) in [7, 11) is -3.92. The molecule has 1 atom stereocenters. The third-order valence-electron chi connectivity index (χ3n) is 3.20. The molecule has 0 bridgehead atoms. The van der Waals surface area contributed by atoms with Crippen molar-refractivity contribution in [2.24, 2.45) is 0 Å². The van der Waals surface area contributed by atoms with Crippen LogP contribution in [0.3, 0.4) is 0 Å². The van der Waals surface area contributed by atoms with Gasteiger partial charge >= 0.3 is 5.97 Å². The topological polar surface area (TPSA) is 87.6 Å². The Labute approximate surface area is 129 Å². The molecule has 7 heteroatoms. The van der Waals surface area contributed by atoms with E-state index in [0.717, 1.165) is 4.31 Å². The van der Waals surface area contributed by atoms with E-state index in [1.807, 2.05) is 0 Å². The maximum absolute atomic E-state index is 12.7. The number of hydrogen-bond donors (Lipinski definition) is 1. The second-order valence-corrected chi connectivity index (χ2v) is 6.63. The fourth-order valence-electron chi connectivity index (χ4n) is 1.95. The first kappa shape index (κ1) is 16.1. The normalized spacial score (nSPS) is 13.0. The van der Waals surface area contributed by atoms with Crippen LogP contribution in [0.25, 0.3) is 0 Å². The number of nitrogens with zero attached hydrogens (tertiary/aromatic N) is 2. The molecule has 0 fully saturated rings. The Hall–Kier alpha value is -2.25. The van der Waals surface area contributed by atoms with Gasteiger partial charge in [-0.25, -0.2) is 8.42 Å². The number of carboxylic acid groups (broad SMARTS) is 1. The van der Waals surface area contributed by atoms with Gasteiger partial charge in [0.15, 0.2) is 0 Å². The third kappa shape index (κ3) is 3.49. The lowest BCUT2D eigenvalue weighted by molar-refractivity contribution is -0.141. The van der Waals surface area contributed by atoms with E-state index in [1.165, 1.54) is 25.3 Å². The molecule has 0 saturated carbocycles. The van der Waals surface area contributed by atoms with Crippen LogP contribution in [0.4, 0.5) is 0 Å². The molecule has 0 saturated heterocycles. The van der Waals surface area contributed by atoms with Crippen LogP contribution >= 0.6 is 0 Å². The Kier molecular flexibility index (Phi) is 4.89. The fourth-order valence-corrected chi connectivity index (χ4v) is 3.55. The van der Waals surface area contributed by atoms with Crippen LogP contribution in [-0.2, 0) is 21.4 Å². The van der Waals surface area contributed by atoms with E-state index in [2.05, 4.69) is 4.98 Å². The van der Waals surface area contributed by atoms with Gasteiger partial charge in [0.2, 0.25) is 10.0 Å². The first-order valence-corrected chi connectivity index (χ1v) is 8.05. The van der Waals surface area contributed by atoms with E-state index in [1.54, 1.807) is 36.5 Å². The predicted molar refractivity (Wildman–Crippen MR) is 80.5 cm³/mol. The highest BCUT2D eigenvalue weighted by Crippen LogP contribution is 2.20. The second kappa shape index (κ2) is 6.67. The second-order valence-electron chi connectivity index (χ2n) is 4.74. The lowest BCUT2D eigenvalue weighted by Gasteiger charge is -2.25. The molecular formula is C15H16N2O4S. The molecule has 2 rings (SSSR count). The van der Waals surface area contributed by atoms with Crippen molar-refractivity contribution in [3.05, 3.63) is 60.4 Å². The van der Waals surface area contributed by atoms with Gasteiger partial charge in [-0.15, -0.1) is 0 Å². The highest BCUT2D eigenvalue weighted by molar-refractivity contribution is 7.89. The summed E-state index contributed by atoms with van der Waals surface area (Å²) in [6.45, 7) is 1.29. The highest BCUT2D eigenvalue weighted by atomic mass is 32.2. The Morgan fingerprint density at radius 2 is 1.91 bits per heavy atom. The summed E-state index contributed by atoms with van der Waals surface area (Å²) in [5.41, 5.74) is 0.620. The van der Waals surface area contributed by atoms with Gasteiger partial charge in [0, 0.05) is 18.9 Å². The Morgan fingerprint density at radius 1 is 1.23 bits per heavy atom. The quantitative estimate of drug-likeness (QED) is 0.876. The van der Waals surface area contributed by atoms with E-state index in [4.69, 9.17) is 0 Å². The Balaban J connectivity index is 2.42. The molecular weight excluding hydrogens is 304 g/mol. The molecule has 0 spiro atoms. The first-order chi connectivity index (χ1) is 10.4. The molecule has 1 N–H and O–H groups in total. The zero-order chi connectivity index (χ0) is 16.2. The predicted octanol–water partition coefficient (Wildman–Crippen LogP) is 1.75. The number of carbonyl (C=O) groups is 1. The van der Waals surface area contributed by atoms with Gasteiger partial charge < -0.3 is 5.11 Å². The summed E-state index contributed by atoms with van der Waals surface area (Å²) in [5.74, 6) is -1.21. The van der Waals surface area contributed by atoms with Gasteiger partial charge in [0.25, 0.3) is 0 Å². The number of aromatic nitrogens is 1. The molecule has 1 heterocycles. The van der Waals surface area contributed by atoms with Crippen LogP contribution < -0.4 is 0 Å². The van der Waals surface area contributed by atoms with E-state index < -0.39 is 22.0 Å². The maximum atomic E-state index is 12.7. The van der Waals surface area contributed by atoms with Gasteiger partial charge in [-0.2, -0.15) is 4.31 Å². The van der Waals surface area contributed by atoms with Gasteiger partial charge in [-0.1, -0.05) is 24.3 Å². The van der Waals surface area contributed by atoms with E-state index >= 15 is 0 Å². The van der Waals surface area contributed by atoms with Gasteiger partial charge in [0.1, 0.15) is 6.04 Å². The molecule has 22 heavy (non-hydrogen) atoms. The number of pyridine rings is 1. The number of rotatable bonds is 6. The smallest absolute Gasteiger partial charge is 0.321 e. The number of sulfonamides is 1. The van der Waals surface area contributed by atoms with Crippen LogP contribution in [0.2, 0.25) is 0 Å². The zero-order valence-electron chi connectivity index (χ0n) is 12.0. The minimum Gasteiger partial charge on any atom is -0.480 e. The number of carboxylic acids is 1. The summed E-state index contributed by atoms with van der Waals surface area (Å²) in [6, 6.07) is 9.97. The monoisotopic (exact) mass is 320 g/mol. The van der Waals surface area contributed by atoms with Crippen molar-refractivity contribution in [3.63, 3.8) is 0 Å². The van der Waals surface area contributed by atoms with Gasteiger partial charge in [0.05, 0.1) is 4.90 Å². The average molecular weight is 320 g/mol. The van der Waals surface area contributed by atoms with Crippen LogP contribution in [0.1, 0.15) is 12.5 Å². The van der Waals surface area contributed by atoms with Crippen molar-refractivity contribution in [1.82, 2.24) is 9.29 Å². The van der Waals surface area contributed by atoms with Crippen molar-refractivity contribution in [2.45, 2.75) is 24.4 Å². The van der Waals surface area contributed by atoms with E-state index in [0.29, 0.717) is 5.56 Å². The van der Waals surface area contributed by atoms with Crippen molar-refractivity contribution in [3.8, 4) is 0 Å². The largest absolute Gasteiger partial charge is 0.480 e. The summed E-state index contributed by atoms with van der Waals surface area (Å²) in [4.78, 5) is 15.3. The lowest BCUT2D eigenvalue weighted by atomic mass is 10.2. The summed E-state index contributed by atoms with van der Waals surface area (Å²) in [5, 5.41) is 9.22. The first-order valence-electron chi connectivity index (χ1n) is 6.61. The molecule has 2 aromatic rings. The molecule has 0 radical (unpaired) electrons. The van der Waals surface area contributed by atoms with E-state index in [9.17, 15) is 18.3 Å². The fraction of sp³-hybridized carbons (Fsp3) is 0.200. The van der Waals surface area contributed by atoms with Crippen LogP contribution in [-0.4, -0.2) is 34.8 Å². The highest BCUT2D eigenvalue weighted by Gasteiger charge is 2.32. The standard InChI is InChI=1S/C15H16N2O4S/c1-12(15(18)19)17(11-13-6-5-9-16-10-13)22(20,21)14-7-3-2-4-8-14/h2-10,12H,11H2,1H3,(H,18,19). The minimum absolute atomic E-state index is 0.0570. The van der Waals surface area contributed by atoms with Crippen LogP contribution in [0.5, 0.6) is 0 Å². The van der Waals surface area contributed by atoms with Gasteiger partial charge in [-0.05, 0) is 30.7 Å². The number of benzene rings is 1. The summed E-state index contributed by atoms with van der Waals surface area (Å²) < 4.78 is 26.4. The zero-order valence-corrected chi connectivity index (χ0v) is 12.8. The van der Waals surface area contributed by atoms with Crippen molar-refractivity contribution in [2.75, 3.05) is 0 Å². The summed E-state index contributed by atoms with van der Waals surface area (Å²) >= 11 is 0. The lowest BCUT2D eigenvalue weighted by Crippen LogP contribution is -2.42. The third-order valence-corrected chi connectivity index (χ3v) is 5.13.